The molecule has 94 valence electrons. The number of thioether (sulfide) groups is 1. The molecule has 17 heavy (non-hydrogen) atoms. The highest BCUT2D eigenvalue weighted by Gasteiger charge is 2.07. The first-order valence-electron chi connectivity index (χ1n) is 5.95. The van der Waals surface area contributed by atoms with E-state index in [4.69, 9.17) is 0 Å². The molecule has 0 bridgehead atoms. The molecule has 0 heterocycles. The van der Waals surface area contributed by atoms with Crippen LogP contribution in [0.1, 0.15) is 43.1 Å². The number of hydrogen-bond donors (Lipinski definition) is 1. The summed E-state index contributed by atoms with van der Waals surface area (Å²) in [7, 11) is 0. The number of carbonyl (C=O) groups excluding carboxylic acids is 1. The second kappa shape index (κ2) is 6.70. The molecule has 1 rings (SSSR count). The Hall–Kier alpha value is -0.960. The van der Waals surface area contributed by atoms with Gasteiger partial charge in [0, 0.05) is 16.9 Å². The summed E-state index contributed by atoms with van der Waals surface area (Å²) < 4.78 is 0. The lowest BCUT2D eigenvalue weighted by molar-refractivity contribution is 0.101. The second-order valence-electron chi connectivity index (χ2n) is 4.43. The van der Waals surface area contributed by atoms with Crippen molar-refractivity contribution < 1.29 is 9.90 Å². The topological polar surface area (TPSA) is 37.3 Å². The molecule has 3 heteroatoms. The van der Waals surface area contributed by atoms with Crippen molar-refractivity contribution in [2.75, 3.05) is 5.75 Å². The van der Waals surface area contributed by atoms with Crippen LogP contribution in [0.5, 0.6) is 5.75 Å². The molecule has 0 saturated carbocycles. The number of carbonyl (C=O) groups is 1. The van der Waals surface area contributed by atoms with Gasteiger partial charge in [0.2, 0.25) is 0 Å². The third-order valence-corrected chi connectivity index (χ3v) is 4.16. The lowest BCUT2D eigenvalue weighted by atomic mass is 10.1. The van der Waals surface area contributed by atoms with Gasteiger partial charge in [-0.1, -0.05) is 20.3 Å². The summed E-state index contributed by atoms with van der Waals surface area (Å²) in [4.78, 5) is 11.2. The third kappa shape index (κ3) is 4.43. The van der Waals surface area contributed by atoms with Crippen molar-refractivity contribution in [3.05, 3.63) is 29.3 Å². The van der Waals surface area contributed by atoms with Crippen LogP contribution in [0, 0.1) is 5.92 Å². The van der Waals surface area contributed by atoms with Crippen LogP contribution in [0.3, 0.4) is 0 Å². The minimum atomic E-state index is 0.0400. The van der Waals surface area contributed by atoms with Crippen molar-refractivity contribution in [1.29, 1.82) is 0 Å². The van der Waals surface area contributed by atoms with Crippen molar-refractivity contribution in [1.82, 2.24) is 0 Å². The molecule has 0 fully saturated rings. The van der Waals surface area contributed by atoms with E-state index in [9.17, 15) is 9.90 Å². The Balaban J connectivity index is 2.63. The molecule has 2 nitrogen and oxygen atoms in total. The van der Waals surface area contributed by atoms with Crippen molar-refractivity contribution in [3.8, 4) is 5.75 Å². The van der Waals surface area contributed by atoms with Gasteiger partial charge in [0.05, 0.1) is 0 Å². The van der Waals surface area contributed by atoms with Gasteiger partial charge in [-0.15, -0.1) is 0 Å². The average molecular weight is 252 g/mol. The average Bonchev–Trinajstić information content (AvgIpc) is 2.30. The first-order valence-corrected chi connectivity index (χ1v) is 7.10. The molecular weight excluding hydrogens is 232 g/mol. The molecule has 0 aliphatic carbocycles. The van der Waals surface area contributed by atoms with E-state index in [0.717, 1.165) is 17.1 Å². The Bertz CT molecular complexity index is 388. The van der Waals surface area contributed by atoms with Gasteiger partial charge in [0.15, 0.2) is 5.78 Å². The van der Waals surface area contributed by atoms with Gasteiger partial charge in [-0.25, -0.2) is 0 Å². The first kappa shape index (κ1) is 14.1. The van der Waals surface area contributed by atoms with Gasteiger partial charge in [-0.05, 0) is 36.8 Å². The quantitative estimate of drug-likeness (QED) is 0.781. The zero-order valence-electron chi connectivity index (χ0n) is 10.7. The number of hydrogen-bond acceptors (Lipinski definition) is 3. The van der Waals surface area contributed by atoms with Crippen LogP contribution in [-0.2, 0) is 5.75 Å². The van der Waals surface area contributed by atoms with E-state index in [1.54, 1.807) is 36.9 Å². The highest BCUT2D eigenvalue weighted by Crippen LogP contribution is 2.25. The van der Waals surface area contributed by atoms with Crippen LogP contribution in [0.4, 0.5) is 0 Å². The maximum atomic E-state index is 11.2. The Morgan fingerprint density at radius 2 is 2.18 bits per heavy atom. The van der Waals surface area contributed by atoms with Crippen LogP contribution >= 0.6 is 11.8 Å². The Morgan fingerprint density at radius 3 is 2.76 bits per heavy atom. The maximum absolute atomic E-state index is 11.2. The molecule has 0 aliphatic rings. The minimum absolute atomic E-state index is 0.0400. The highest BCUT2D eigenvalue weighted by atomic mass is 32.2. The molecule has 1 unspecified atom stereocenters. The predicted molar refractivity (Wildman–Crippen MR) is 73.7 cm³/mol. The third-order valence-electron chi connectivity index (χ3n) is 2.84. The van der Waals surface area contributed by atoms with E-state index in [1.807, 2.05) is 0 Å². The zero-order chi connectivity index (χ0) is 12.8. The van der Waals surface area contributed by atoms with Gasteiger partial charge in [-0.3, -0.25) is 4.79 Å². The molecule has 0 amide bonds. The van der Waals surface area contributed by atoms with Crippen molar-refractivity contribution in [2.45, 2.75) is 32.9 Å². The highest BCUT2D eigenvalue weighted by molar-refractivity contribution is 7.98. The summed E-state index contributed by atoms with van der Waals surface area (Å²) in [6.45, 7) is 5.94. The summed E-state index contributed by atoms with van der Waals surface area (Å²) in [5, 5.41) is 9.71. The molecular formula is C14H20O2S. The fourth-order valence-electron chi connectivity index (χ4n) is 1.41. The number of phenols is 1. The summed E-state index contributed by atoms with van der Waals surface area (Å²) in [6, 6.07) is 5.07. The fraction of sp³-hybridized carbons (Fsp3) is 0.500. The monoisotopic (exact) mass is 252 g/mol. The molecule has 1 N–H and O–H groups in total. The molecule has 1 aromatic rings. The molecule has 0 radical (unpaired) electrons. The summed E-state index contributed by atoms with van der Waals surface area (Å²) in [6.07, 6.45) is 1.17. The summed E-state index contributed by atoms with van der Waals surface area (Å²) >= 11 is 1.80. The lowest BCUT2D eigenvalue weighted by Crippen LogP contribution is -1.97. The van der Waals surface area contributed by atoms with Crippen LogP contribution in [0.2, 0.25) is 0 Å². The van der Waals surface area contributed by atoms with Gasteiger partial charge in [-0.2, -0.15) is 11.8 Å². The normalized spacial score (nSPS) is 12.4. The van der Waals surface area contributed by atoms with Gasteiger partial charge < -0.3 is 5.11 Å². The Kier molecular flexibility index (Phi) is 5.56. The minimum Gasteiger partial charge on any atom is -0.508 e. The number of benzene rings is 1. The number of aromatic hydroxyl groups is 1. The van der Waals surface area contributed by atoms with Crippen LogP contribution < -0.4 is 0 Å². The van der Waals surface area contributed by atoms with Crippen molar-refractivity contribution >= 4 is 17.5 Å². The fourth-order valence-corrected chi connectivity index (χ4v) is 2.62. The van der Waals surface area contributed by atoms with Crippen molar-refractivity contribution in [3.63, 3.8) is 0 Å². The standard InChI is InChI=1S/C14H20O2S/c1-4-10(2)8-17-9-13-7-12(11(3)15)5-6-14(13)16/h5-7,10,16H,4,8-9H2,1-3H3. The molecule has 0 spiro atoms. The van der Waals surface area contributed by atoms with Gasteiger partial charge in [0.25, 0.3) is 0 Å². The molecule has 0 saturated heterocycles. The molecule has 0 aromatic heterocycles. The van der Waals surface area contributed by atoms with Gasteiger partial charge in [0.1, 0.15) is 5.75 Å². The summed E-state index contributed by atoms with van der Waals surface area (Å²) in [5.41, 5.74) is 1.52. The van der Waals surface area contributed by atoms with E-state index in [0.29, 0.717) is 11.5 Å². The van der Waals surface area contributed by atoms with E-state index in [2.05, 4.69) is 13.8 Å². The Morgan fingerprint density at radius 1 is 1.47 bits per heavy atom. The predicted octanol–water partition coefficient (Wildman–Crippen LogP) is 3.87. The number of rotatable bonds is 6. The number of ketones is 1. The SMILES string of the molecule is CCC(C)CSCc1cc(C(C)=O)ccc1O. The summed E-state index contributed by atoms with van der Waals surface area (Å²) in [5.74, 6) is 2.86. The number of phenolic OH excluding ortho intramolecular Hbond substituents is 1. The Labute approximate surface area is 107 Å². The van der Waals surface area contributed by atoms with Crippen LogP contribution in [0.15, 0.2) is 18.2 Å². The van der Waals surface area contributed by atoms with E-state index in [1.165, 1.54) is 6.42 Å². The van der Waals surface area contributed by atoms with E-state index < -0.39 is 0 Å². The number of Topliss-reactive ketones (excluding diaryl/α,β-unsaturated/α-hetero) is 1. The first-order chi connectivity index (χ1) is 8.04. The van der Waals surface area contributed by atoms with Crippen molar-refractivity contribution in [2.24, 2.45) is 5.92 Å². The lowest BCUT2D eigenvalue weighted by Gasteiger charge is -2.09. The smallest absolute Gasteiger partial charge is 0.159 e. The van der Waals surface area contributed by atoms with E-state index in [-0.39, 0.29) is 11.5 Å². The van der Waals surface area contributed by atoms with Gasteiger partial charge >= 0.3 is 0 Å². The molecule has 1 aromatic carbocycles. The maximum Gasteiger partial charge on any atom is 0.159 e. The largest absolute Gasteiger partial charge is 0.508 e. The molecule has 1 atom stereocenters. The zero-order valence-corrected chi connectivity index (χ0v) is 11.5. The van der Waals surface area contributed by atoms with Crippen LogP contribution in [-0.4, -0.2) is 16.6 Å². The second-order valence-corrected chi connectivity index (χ2v) is 5.46. The molecule has 0 aliphatic heterocycles. The van der Waals surface area contributed by atoms with Crippen LogP contribution in [0.25, 0.3) is 0 Å². The van der Waals surface area contributed by atoms with E-state index >= 15 is 0 Å².